The molecule has 0 bridgehead atoms. The zero-order chi connectivity index (χ0) is 35.9. The van der Waals surface area contributed by atoms with E-state index in [1.165, 1.54) is 5.57 Å². The van der Waals surface area contributed by atoms with Crippen molar-refractivity contribution in [2.45, 2.75) is 158 Å². The van der Waals surface area contributed by atoms with Gasteiger partial charge in [0.05, 0.1) is 30.4 Å². The summed E-state index contributed by atoms with van der Waals surface area (Å²) in [7, 11) is 0. The Morgan fingerprint density at radius 2 is 1.50 bits per heavy atom. The van der Waals surface area contributed by atoms with Crippen LogP contribution in [-0.2, 0) is 19.1 Å². The van der Waals surface area contributed by atoms with Gasteiger partial charge in [0.15, 0.2) is 0 Å². The van der Waals surface area contributed by atoms with Crippen molar-refractivity contribution < 1.29 is 29.3 Å². The van der Waals surface area contributed by atoms with Gasteiger partial charge in [-0.05, 0) is 136 Å². The number of aliphatic carboxylic acids is 1. The van der Waals surface area contributed by atoms with Gasteiger partial charge in [-0.15, -0.1) is 0 Å². The van der Waals surface area contributed by atoms with Crippen LogP contribution < -0.4 is 5.32 Å². The number of carbonyl (C=O) groups excluding carboxylic acids is 2. The van der Waals surface area contributed by atoms with Crippen molar-refractivity contribution >= 4 is 17.8 Å². The van der Waals surface area contributed by atoms with E-state index in [-0.39, 0.29) is 65.0 Å². The second-order valence-electron chi connectivity index (χ2n) is 20.1. The van der Waals surface area contributed by atoms with Crippen LogP contribution in [0.5, 0.6) is 0 Å². The zero-order valence-corrected chi connectivity index (χ0v) is 31.9. The summed E-state index contributed by atoms with van der Waals surface area (Å²) < 4.78 is 6.25. The molecule has 1 amide bonds. The normalized spacial score (nSPS) is 42.0. The van der Waals surface area contributed by atoms with Gasteiger partial charge in [-0.1, -0.05) is 60.6 Å². The molecule has 3 N–H and O–H groups in total. The first-order valence-corrected chi connectivity index (χ1v) is 19.0. The molecule has 0 aromatic heterocycles. The number of aliphatic hydroxyl groups is 1. The maximum absolute atomic E-state index is 14.3. The Bertz CT molecular complexity index is 1320. The summed E-state index contributed by atoms with van der Waals surface area (Å²) >= 11 is 0. The number of carbonyl (C=O) groups is 3. The van der Waals surface area contributed by atoms with E-state index in [4.69, 9.17) is 4.74 Å². The highest BCUT2D eigenvalue weighted by Gasteiger charge is 2.72. The van der Waals surface area contributed by atoms with Crippen molar-refractivity contribution in [3.8, 4) is 0 Å². The Labute approximate surface area is 290 Å². The van der Waals surface area contributed by atoms with Crippen molar-refractivity contribution in [2.24, 2.45) is 62.1 Å². The Morgan fingerprint density at radius 3 is 2.10 bits per heavy atom. The molecule has 7 heteroatoms. The smallest absolute Gasteiger partial charge is 0.306 e. The first-order valence-electron chi connectivity index (χ1n) is 19.0. The number of nitrogens with one attached hydrogen (secondary N) is 1. The van der Waals surface area contributed by atoms with Crippen molar-refractivity contribution in [2.75, 3.05) is 6.61 Å². The van der Waals surface area contributed by atoms with E-state index in [2.05, 4.69) is 53.4 Å². The average Bonchev–Trinajstić information content (AvgIpc) is 3.35. The zero-order valence-electron chi connectivity index (χ0n) is 31.9. The molecule has 7 nitrogen and oxygen atoms in total. The van der Waals surface area contributed by atoms with Gasteiger partial charge in [0.25, 0.3) is 0 Å². The highest BCUT2D eigenvalue weighted by Crippen LogP contribution is 2.77. The molecule has 48 heavy (non-hydrogen) atoms. The van der Waals surface area contributed by atoms with Crippen LogP contribution in [0.3, 0.4) is 0 Å². The molecule has 10 atom stereocenters. The van der Waals surface area contributed by atoms with E-state index >= 15 is 0 Å². The molecule has 0 saturated heterocycles. The minimum absolute atomic E-state index is 0.0582. The summed E-state index contributed by atoms with van der Waals surface area (Å²) in [6.45, 7) is 26.4. The lowest BCUT2D eigenvalue weighted by Gasteiger charge is -2.73. The minimum atomic E-state index is -0.893. The lowest BCUT2D eigenvalue weighted by molar-refractivity contribution is -0.249. The summed E-state index contributed by atoms with van der Waals surface area (Å²) in [6, 6.07) is 0. The summed E-state index contributed by atoms with van der Waals surface area (Å²) in [6.07, 6.45) is 10.1. The number of fused-ring (bicyclic) bond motifs is 7. The summed E-state index contributed by atoms with van der Waals surface area (Å²) in [5, 5.41) is 22.6. The molecular weight excluding hydrogens is 602 g/mol. The topological polar surface area (TPSA) is 113 Å². The number of ether oxygens (including phenoxy) is 1. The van der Waals surface area contributed by atoms with E-state index in [1.54, 1.807) is 0 Å². The fourth-order valence-electron chi connectivity index (χ4n) is 13.3. The van der Waals surface area contributed by atoms with Crippen LogP contribution >= 0.6 is 0 Å². The van der Waals surface area contributed by atoms with E-state index < -0.39 is 22.3 Å². The molecule has 0 aromatic carbocycles. The number of carboxylic acids is 1. The Morgan fingerprint density at radius 1 is 0.833 bits per heavy atom. The van der Waals surface area contributed by atoms with Gasteiger partial charge in [-0.2, -0.15) is 0 Å². The van der Waals surface area contributed by atoms with Crippen molar-refractivity contribution in [1.29, 1.82) is 0 Å². The van der Waals surface area contributed by atoms with Crippen LogP contribution in [0.25, 0.3) is 0 Å². The molecule has 0 heterocycles. The molecule has 0 radical (unpaired) electrons. The summed E-state index contributed by atoms with van der Waals surface area (Å²) in [4.78, 5) is 38.9. The van der Waals surface area contributed by atoms with Gasteiger partial charge in [0.2, 0.25) is 5.91 Å². The third-order valence-electron chi connectivity index (χ3n) is 15.8. The molecule has 272 valence electrons. The molecule has 5 saturated carbocycles. The third-order valence-corrected chi connectivity index (χ3v) is 15.8. The van der Waals surface area contributed by atoms with Crippen molar-refractivity contribution in [1.82, 2.24) is 5.32 Å². The maximum atomic E-state index is 14.3. The maximum Gasteiger partial charge on any atom is 0.306 e. The number of aliphatic hydroxyl groups excluding tert-OH is 1. The minimum Gasteiger partial charge on any atom is -0.481 e. The van der Waals surface area contributed by atoms with E-state index in [9.17, 15) is 24.6 Å². The van der Waals surface area contributed by atoms with E-state index in [0.717, 1.165) is 64.2 Å². The molecule has 0 spiro atoms. The van der Waals surface area contributed by atoms with Crippen molar-refractivity contribution in [3.05, 3.63) is 12.2 Å². The fraction of sp³-hybridized carbons (Fsp3) is 0.878. The number of carboxylic acid groups (broad SMARTS) is 1. The highest BCUT2D eigenvalue weighted by molar-refractivity contribution is 5.84. The van der Waals surface area contributed by atoms with Crippen molar-refractivity contribution in [3.63, 3.8) is 0 Å². The predicted octanol–water partition coefficient (Wildman–Crippen LogP) is 8.33. The quantitative estimate of drug-likeness (QED) is 0.168. The largest absolute Gasteiger partial charge is 0.481 e. The summed E-state index contributed by atoms with van der Waals surface area (Å²) in [5.41, 5.74) is -0.318. The predicted molar refractivity (Wildman–Crippen MR) is 189 cm³/mol. The summed E-state index contributed by atoms with van der Waals surface area (Å²) in [5.74, 6) is 0.992. The standard InChI is InChI=1S/C41H67NO6/c1-25(2)26-14-19-41(34(47)42-36(5,6)24-43)21-20-39(10)27(33(26)41)12-13-29-38(9)17-16-30(37(7,8)28(38)15-18-40(29,39)11)48-32(46)23-35(3,4)22-31(44)45/h26-30,33,43H,1,12-24H2,2-11H3,(H,42,47)(H,44,45)/t26-,27+,28-,29+,30?,33+,38-,39+,40+,41-/m0/s1. The second kappa shape index (κ2) is 12.1. The van der Waals surface area contributed by atoms with Gasteiger partial charge in [-0.3, -0.25) is 14.4 Å². The SMILES string of the molecule is C=C(C)[C@@H]1CC[C@]2(C(=O)NC(C)(C)CO)CC[C@]3(C)[C@H](CC[C@@H]4[C@@]5(C)CCC(OC(=O)CC(C)(C)CC(=O)O)C(C)(C)[C@@H]5CC[C@]43C)[C@@H]12. The molecule has 5 aliphatic rings. The van der Waals surface area contributed by atoms with Crippen LogP contribution in [0.15, 0.2) is 12.2 Å². The first-order chi connectivity index (χ1) is 22.0. The van der Waals surface area contributed by atoms with E-state index in [0.29, 0.717) is 23.7 Å². The fourth-order valence-corrected chi connectivity index (χ4v) is 13.3. The molecule has 5 rings (SSSR count). The lowest BCUT2D eigenvalue weighted by Crippen LogP contribution is -2.68. The van der Waals surface area contributed by atoms with E-state index in [1.807, 2.05) is 27.7 Å². The number of hydrogen-bond acceptors (Lipinski definition) is 5. The monoisotopic (exact) mass is 669 g/mol. The molecule has 0 aromatic rings. The molecule has 5 aliphatic carbocycles. The molecular formula is C41H67NO6. The van der Waals surface area contributed by atoms with Crippen LogP contribution in [0.4, 0.5) is 0 Å². The Hall–Kier alpha value is -1.89. The van der Waals surface area contributed by atoms with Crippen LogP contribution in [-0.4, -0.2) is 46.3 Å². The number of hydrogen-bond donors (Lipinski definition) is 3. The van der Waals surface area contributed by atoms with Crippen LogP contribution in [0.2, 0.25) is 0 Å². The highest BCUT2D eigenvalue weighted by atomic mass is 16.5. The average molecular weight is 670 g/mol. The number of allylic oxidation sites excluding steroid dienone is 1. The number of rotatable bonds is 9. The van der Waals surface area contributed by atoms with Gasteiger partial charge >= 0.3 is 11.9 Å². The molecule has 0 aliphatic heterocycles. The third kappa shape index (κ3) is 5.78. The van der Waals surface area contributed by atoms with Crippen LogP contribution in [0, 0.1) is 62.1 Å². The second-order valence-corrected chi connectivity index (χ2v) is 20.1. The van der Waals surface area contributed by atoms with Gasteiger partial charge < -0.3 is 20.3 Å². The van der Waals surface area contributed by atoms with Gasteiger partial charge in [0, 0.05) is 5.41 Å². The van der Waals surface area contributed by atoms with Crippen LogP contribution in [0.1, 0.15) is 146 Å². The Balaban J connectivity index is 1.41. The van der Waals surface area contributed by atoms with Gasteiger partial charge in [-0.25, -0.2) is 0 Å². The number of amides is 1. The number of esters is 1. The lowest BCUT2D eigenvalue weighted by atomic mass is 9.32. The Kier molecular flexibility index (Phi) is 9.43. The van der Waals surface area contributed by atoms with Gasteiger partial charge in [0.1, 0.15) is 6.10 Å². The molecule has 5 fully saturated rings. The molecule has 1 unspecified atom stereocenters. The first kappa shape index (κ1) is 37.4.